The first-order valence-electron chi connectivity index (χ1n) is 2.05. The lowest BCUT2D eigenvalue weighted by Gasteiger charge is -1.89. The van der Waals surface area contributed by atoms with Gasteiger partial charge in [0.15, 0.2) is 0 Å². The highest BCUT2D eigenvalue weighted by atomic mass is 35.5. The van der Waals surface area contributed by atoms with Crippen molar-refractivity contribution in [2.45, 2.75) is 6.82 Å². The lowest BCUT2D eigenvalue weighted by atomic mass is 10.1. The standard InChI is InChI=1S/C3H8BClO/c1-4-6-3-2-5/h4H,2-3H2,1H3. The summed E-state index contributed by atoms with van der Waals surface area (Å²) in [6.07, 6.45) is 0. The zero-order valence-electron chi connectivity index (χ0n) is 3.91. The Labute approximate surface area is 43.9 Å². The van der Waals surface area contributed by atoms with Gasteiger partial charge in [-0.3, -0.25) is 0 Å². The van der Waals surface area contributed by atoms with Crippen LogP contribution < -0.4 is 0 Å². The van der Waals surface area contributed by atoms with Crippen LogP contribution in [0.5, 0.6) is 0 Å². The van der Waals surface area contributed by atoms with Crippen molar-refractivity contribution in [1.82, 2.24) is 0 Å². The van der Waals surface area contributed by atoms with Gasteiger partial charge in [0.2, 0.25) is 0 Å². The summed E-state index contributed by atoms with van der Waals surface area (Å²) in [7, 11) is 0.771. The molecule has 6 heavy (non-hydrogen) atoms. The van der Waals surface area contributed by atoms with Crippen LogP contribution in [0, 0.1) is 0 Å². The van der Waals surface area contributed by atoms with Gasteiger partial charge in [0, 0.05) is 12.5 Å². The zero-order valence-corrected chi connectivity index (χ0v) is 4.66. The van der Waals surface area contributed by atoms with Crippen LogP contribution in [0.15, 0.2) is 0 Å². The molecule has 0 aromatic carbocycles. The number of halogens is 1. The molecule has 0 rings (SSSR count). The van der Waals surface area contributed by atoms with Crippen LogP contribution >= 0.6 is 11.6 Å². The molecule has 0 spiro atoms. The van der Waals surface area contributed by atoms with Gasteiger partial charge < -0.3 is 4.65 Å². The van der Waals surface area contributed by atoms with E-state index in [1.54, 1.807) is 0 Å². The molecule has 0 N–H and O–H groups in total. The Morgan fingerprint density at radius 1 is 1.83 bits per heavy atom. The SMILES string of the molecule is CBOCCCl. The maximum absolute atomic E-state index is 5.26. The Morgan fingerprint density at radius 2 is 2.50 bits per heavy atom. The number of hydrogen-bond acceptors (Lipinski definition) is 1. The molecular weight excluding hydrogens is 98.3 g/mol. The second-order valence-corrected chi connectivity index (χ2v) is 1.26. The van der Waals surface area contributed by atoms with Crippen molar-refractivity contribution in [1.29, 1.82) is 0 Å². The number of alkyl halides is 1. The largest absolute Gasteiger partial charge is 0.439 e. The molecule has 3 heteroatoms. The van der Waals surface area contributed by atoms with Crippen molar-refractivity contribution >= 4 is 19.1 Å². The highest BCUT2D eigenvalue weighted by Gasteiger charge is 1.76. The molecule has 0 unspecified atom stereocenters. The van der Waals surface area contributed by atoms with Crippen LogP contribution in [-0.2, 0) is 4.65 Å². The normalized spacial score (nSPS) is 8.33. The summed E-state index contributed by atoms with van der Waals surface area (Å²) < 4.78 is 4.85. The minimum Gasteiger partial charge on any atom is -0.439 e. The van der Waals surface area contributed by atoms with Crippen LogP contribution in [0.2, 0.25) is 6.82 Å². The molecule has 0 bridgehead atoms. The maximum Gasteiger partial charge on any atom is 0.271 e. The Morgan fingerprint density at radius 3 is 2.67 bits per heavy atom. The molecule has 0 saturated carbocycles. The molecule has 0 aliphatic heterocycles. The molecular formula is C3H8BClO. The average molecular weight is 106 g/mol. The van der Waals surface area contributed by atoms with E-state index in [0.29, 0.717) is 12.5 Å². The van der Waals surface area contributed by atoms with Crippen LogP contribution in [0.1, 0.15) is 0 Å². The fraction of sp³-hybridized carbons (Fsp3) is 1.00. The summed E-state index contributed by atoms with van der Waals surface area (Å²) in [5.74, 6) is 0.605. The molecule has 0 aliphatic carbocycles. The zero-order chi connectivity index (χ0) is 4.83. The first-order valence-corrected chi connectivity index (χ1v) is 2.59. The van der Waals surface area contributed by atoms with Gasteiger partial charge in [0.25, 0.3) is 7.48 Å². The smallest absolute Gasteiger partial charge is 0.271 e. The molecule has 0 aromatic heterocycles. The summed E-state index contributed by atoms with van der Waals surface area (Å²) in [4.78, 5) is 0. The molecule has 36 valence electrons. The fourth-order valence-corrected chi connectivity index (χ4v) is 0.308. The first-order chi connectivity index (χ1) is 2.91. The molecule has 0 heterocycles. The molecule has 0 aliphatic rings. The van der Waals surface area contributed by atoms with E-state index in [-0.39, 0.29) is 0 Å². The van der Waals surface area contributed by atoms with E-state index in [1.165, 1.54) is 0 Å². The van der Waals surface area contributed by atoms with Gasteiger partial charge >= 0.3 is 0 Å². The van der Waals surface area contributed by atoms with Crippen molar-refractivity contribution in [2.24, 2.45) is 0 Å². The van der Waals surface area contributed by atoms with Crippen LogP contribution in [0.25, 0.3) is 0 Å². The molecule has 0 atom stereocenters. The third kappa shape index (κ3) is 4.31. The van der Waals surface area contributed by atoms with E-state index >= 15 is 0 Å². The second kappa shape index (κ2) is 5.31. The van der Waals surface area contributed by atoms with Crippen molar-refractivity contribution in [3.63, 3.8) is 0 Å². The van der Waals surface area contributed by atoms with Gasteiger partial charge in [-0.15, -0.1) is 11.6 Å². The fourth-order valence-electron chi connectivity index (χ4n) is 0.199. The van der Waals surface area contributed by atoms with Crippen molar-refractivity contribution in [3.05, 3.63) is 0 Å². The van der Waals surface area contributed by atoms with E-state index in [4.69, 9.17) is 16.3 Å². The Kier molecular flexibility index (Phi) is 5.59. The third-order valence-corrected chi connectivity index (χ3v) is 0.580. The van der Waals surface area contributed by atoms with Crippen molar-refractivity contribution < 1.29 is 4.65 Å². The Bertz CT molecular complexity index is 22.8. The highest BCUT2D eigenvalue weighted by Crippen LogP contribution is 1.73. The van der Waals surface area contributed by atoms with E-state index < -0.39 is 0 Å². The Hall–Kier alpha value is 0.315. The van der Waals surface area contributed by atoms with E-state index in [2.05, 4.69) is 0 Å². The van der Waals surface area contributed by atoms with Crippen molar-refractivity contribution in [3.8, 4) is 0 Å². The van der Waals surface area contributed by atoms with Gasteiger partial charge in [-0.2, -0.15) is 0 Å². The lowest BCUT2D eigenvalue weighted by molar-refractivity contribution is 0.367. The van der Waals surface area contributed by atoms with E-state index in [9.17, 15) is 0 Å². The quantitative estimate of drug-likeness (QED) is 0.291. The van der Waals surface area contributed by atoms with Crippen LogP contribution in [-0.4, -0.2) is 20.0 Å². The van der Waals surface area contributed by atoms with Crippen molar-refractivity contribution in [2.75, 3.05) is 12.5 Å². The van der Waals surface area contributed by atoms with E-state index in [1.807, 2.05) is 6.82 Å². The summed E-state index contributed by atoms with van der Waals surface area (Å²) in [6.45, 7) is 2.63. The minimum absolute atomic E-state index is 0.605. The number of rotatable bonds is 3. The third-order valence-electron chi connectivity index (χ3n) is 0.426. The lowest BCUT2D eigenvalue weighted by Crippen LogP contribution is -1.95. The molecule has 0 aromatic rings. The predicted octanol–water partition coefficient (Wildman–Crippen LogP) is 0.641. The molecule has 1 nitrogen and oxygen atoms in total. The summed E-state index contributed by atoms with van der Waals surface area (Å²) >= 11 is 5.26. The topological polar surface area (TPSA) is 9.23 Å². The number of hydrogen-bond donors (Lipinski definition) is 0. The molecule has 0 radical (unpaired) electrons. The van der Waals surface area contributed by atoms with Gasteiger partial charge in [-0.1, -0.05) is 6.82 Å². The molecule has 0 amide bonds. The van der Waals surface area contributed by atoms with Crippen LogP contribution in [0.3, 0.4) is 0 Å². The predicted molar refractivity (Wildman–Crippen MR) is 29.7 cm³/mol. The Balaban J connectivity index is 2.34. The molecule has 0 saturated heterocycles. The first kappa shape index (κ1) is 6.31. The monoisotopic (exact) mass is 106 g/mol. The minimum atomic E-state index is 0.605. The van der Waals surface area contributed by atoms with Gasteiger partial charge in [-0.25, -0.2) is 0 Å². The average Bonchev–Trinajstić information content (AvgIpc) is 1.61. The van der Waals surface area contributed by atoms with Crippen LogP contribution in [0.4, 0.5) is 0 Å². The summed E-state index contributed by atoms with van der Waals surface area (Å²) in [5, 5.41) is 0. The van der Waals surface area contributed by atoms with Gasteiger partial charge in [0.05, 0.1) is 0 Å². The van der Waals surface area contributed by atoms with E-state index in [0.717, 1.165) is 7.48 Å². The summed E-state index contributed by atoms with van der Waals surface area (Å²) in [6, 6.07) is 0. The second-order valence-electron chi connectivity index (χ2n) is 0.886. The summed E-state index contributed by atoms with van der Waals surface area (Å²) in [5.41, 5.74) is 0. The maximum atomic E-state index is 5.26. The highest BCUT2D eigenvalue weighted by molar-refractivity contribution is 6.25. The van der Waals surface area contributed by atoms with Gasteiger partial charge in [0.1, 0.15) is 0 Å². The molecule has 0 fully saturated rings. The van der Waals surface area contributed by atoms with Gasteiger partial charge in [-0.05, 0) is 0 Å².